The van der Waals surface area contributed by atoms with Crippen LogP contribution in [-0.2, 0) is 4.79 Å². The molecule has 1 unspecified atom stereocenters. The van der Waals surface area contributed by atoms with Gasteiger partial charge in [0, 0.05) is 25.0 Å². The maximum atomic E-state index is 12.4. The highest BCUT2D eigenvalue weighted by atomic mass is 35.5. The molecule has 112 valence electrons. The fraction of sp³-hybridized carbons (Fsp3) is 0.933. The molecule has 1 atom stereocenters. The zero-order valence-corrected chi connectivity index (χ0v) is 13.0. The molecule has 3 nitrogen and oxygen atoms in total. The summed E-state index contributed by atoms with van der Waals surface area (Å²) >= 11 is 0. The minimum atomic E-state index is 0. The lowest BCUT2D eigenvalue weighted by Crippen LogP contribution is -2.45. The number of rotatable bonds is 3. The second-order valence-corrected chi connectivity index (χ2v) is 6.30. The first-order valence-electron chi connectivity index (χ1n) is 7.71. The molecule has 2 aliphatic rings. The summed E-state index contributed by atoms with van der Waals surface area (Å²) in [6.45, 7) is 3.86. The van der Waals surface area contributed by atoms with E-state index in [2.05, 4.69) is 6.92 Å². The summed E-state index contributed by atoms with van der Waals surface area (Å²) in [4.78, 5) is 14.4. The predicted octanol–water partition coefficient (Wildman–Crippen LogP) is 2.96. The first-order chi connectivity index (χ1) is 8.66. The van der Waals surface area contributed by atoms with Crippen molar-refractivity contribution < 1.29 is 4.79 Å². The predicted molar refractivity (Wildman–Crippen MR) is 81.4 cm³/mol. The molecule has 1 saturated carbocycles. The number of likely N-dealkylation sites (tertiary alicyclic amines) is 1. The van der Waals surface area contributed by atoms with Gasteiger partial charge in [-0.3, -0.25) is 4.79 Å². The van der Waals surface area contributed by atoms with Crippen molar-refractivity contribution in [2.75, 3.05) is 13.1 Å². The Morgan fingerprint density at radius 2 is 1.74 bits per heavy atom. The molecular formula is C15H29ClN2O. The standard InChI is InChI=1S/C15H28N2O.ClH/c1-12(11-13-5-3-2-4-6-13)15(18)17-9-7-14(16)8-10-17;/h12-14H,2-11,16H2,1H3;1H. The van der Waals surface area contributed by atoms with Crippen LogP contribution >= 0.6 is 12.4 Å². The van der Waals surface area contributed by atoms with Gasteiger partial charge in [-0.05, 0) is 25.2 Å². The molecule has 2 N–H and O–H groups in total. The van der Waals surface area contributed by atoms with Gasteiger partial charge in [0.2, 0.25) is 5.91 Å². The monoisotopic (exact) mass is 288 g/mol. The minimum absolute atomic E-state index is 0. The molecule has 0 radical (unpaired) electrons. The van der Waals surface area contributed by atoms with Crippen LogP contribution in [0.3, 0.4) is 0 Å². The van der Waals surface area contributed by atoms with E-state index in [9.17, 15) is 4.79 Å². The zero-order chi connectivity index (χ0) is 13.0. The van der Waals surface area contributed by atoms with Crippen LogP contribution in [0, 0.1) is 11.8 Å². The summed E-state index contributed by atoms with van der Waals surface area (Å²) in [5.41, 5.74) is 5.88. The van der Waals surface area contributed by atoms with Crippen molar-refractivity contribution in [3.63, 3.8) is 0 Å². The van der Waals surface area contributed by atoms with Crippen LogP contribution in [0.4, 0.5) is 0 Å². The van der Waals surface area contributed by atoms with Crippen molar-refractivity contribution in [3.8, 4) is 0 Å². The molecule has 0 aromatic rings. The second-order valence-electron chi connectivity index (χ2n) is 6.30. The van der Waals surface area contributed by atoms with Crippen LogP contribution in [0.2, 0.25) is 0 Å². The number of piperidine rings is 1. The van der Waals surface area contributed by atoms with Crippen LogP contribution in [0.15, 0.2) is 0 Å². The van der Waals surface area contributed by atoms with E-state index in [0.717, 1.165) is 38.3 Å². The number of hydrogen-bond acceptors (Lipinski definition) is 2. The van der Waals surface area contributed by atoms with Gasteiger partial charge in [-0.2, -0.15) is 0 Å². The van der Waals surface area contributed by atoms with Crippen molar-refractivity contribution in [1.82, 2.24) is 4.90 Å². The van der Waals surface area contributed by atoms with Gasteiger partial charge in [-0.25, -0.2) is 0 Å². The molecule has 1 amide bonds. The topological polar surface area (TPSA) is 46.3 Å². The van der Waals surface area contributed by atoms with Crippen LogP contribution in [0.1, 0.15) is 58.3 Å². The Balaban J connectivity index is 0.00000180. The number of halogens is 1. The Morgan fingerprint density at radius 1 is 1.16 bits per heavy atom. The normalized spacial score (nSPS) is 23.8. The van der Waals surface area contributed by atoms with E-state index in [1.807, 2.05) is 4.90 Å². The Bertz CT molecular complexity index is 271. The number of carbonyl (C=O) groups excluding carboxylic acids is 1. The van der Waals surface area contributed by atoms with Gasteiger partial charge in [-0.15, -0.1) is 12.4 Å². The highest BCUT2D eigenvalue weighted by Gasteiger charge is 2.26. The van der Waals surface area contributed by atoms with E-state index in [1.54, 1.807) is 0 Å². The molecule has 0 aromatic heterocycles. The SMILES string of the molecule is CC(CC1CCCCC1)C(=O)N1CCC(N)CC1.Cl. The molecule has 0 bridgehead atoms. The highest BCUT2D eigenvalue weighted by Crippen LogP contribution is 2.29. The number of hydrogen-bond donors (Lipinski definition) is 1. The molecule has 2 rings (SSSR count). The van der Waals surface area contributed by atoms with Crippen molar-refractivity contribution in [2.24, 2.45) is 17.6 Å². The summed E-state index contributed by atoms with van der Waals surface area (Å²) in [6.07, 6.45) is 9.84. The fourth-order valence-corrected chi connectivity index (χ4v) is 3.46. The van der Waals surface area contributed by atoms with Crippen molar-refractivity contribution in [2.45, 2.75) is 64.3 Å². The summed E-state index contributed by atoms with van der Waals surface area (Å²) < 4.78 is 0. The zero-order valence-electron chi connectivity index (χ0n) is 12.1. The number of nitrogens with two attached hydrogens (primary N) is 1. The van der Waals surface area contributed by atoms with Gasteiger partial charge < -0.3 is 10.6 Å². The van der Waals surface area contributed by atoms with E-state index in [0.29, 0.717) is 11.9 Å². The number of amides is 1. The average molecular weight is 289 g/mol. The molecule has 19 heavy (non-hydrogen) atoms. The van der Waals surface area contributed by atoms with Crippen molar-refractivity contribution >= 4 is 18.3 Å². The minimum Gasteiger partial charge on any atom is -0.342 e. The first kappa shape index (κ1) is 16.8. The van der Waals surface area contributed by atoms with E-state index in [1.165, 1.54) is 32.1 Å². The smallest absolute Gasteiger partial charge is 0.225 e. The van der Waals surface area contributed by atoms with Gasteiger partial charge in [0.05, 0.1) is 0 Å². The van der Waals surface area contributed by atoms with E-state index < -0.39 is 0 Å². The lowest BCUT2D eigenvalue weighted by molar-refractivity contribution is -0.136. The van der Waals surface area contributed by atoms with Gasteiger partial charge in [0.15, 0.2) is 0 Å². The third-order valence-corrected chi connectivity index (χ3v) is 4.68. The van der Waals surface area contributed by atoms with Gasteiger partial charge in [-0.1, -0.05) is 39.0 Å². The molecule has 0 aromatic carbocycles. The summed E-state index contributed by atoms with van der Waals surface area (Å²) in [5, 5.41) is 0. The lowest BCUT2D eigenvalue weighted by Gasteiger charge is -2.33. The summed E-state index contributed by atoms with van der Waals surface area (Å²) in [5.74, 6) is 1.37. The molecule has 0 spiro atoms. The first-order valence-corrected chi connectivity index (χ1v) is 7.71. The van der Waals surface area contributed by atoms with Crippen molar-refractivity contribution in [1.29, 1.82) is 0 Å². The Kier molecular flexibility index (Phi) is 7.16. The Hall–Kier alpha value is -0.280. The molecule has 2 fully saturated rings. The third-order valence-electron chi connectivity index (χ3n) is 4.68. The molecule has 1 heterocycles. The second kappa shape index (κ2) is 8.11. The quantitative estimate of drug-likeness (QED) is 0.868. The third kappa shape index (κ3) is 4.96. The van der Waals surface area contributed by atoms with Gasteiger partial charge >= 0.3 is 0 Å². The summed E-state index contributed by atoms with van der Waals surface area (Å²) in [7, 11) is 0. The maximum absolute atomic E-state index is 12.4. The van der Waals surface area contributed by atoms with E-state index in [4.69, 9.17) is 5.73 Å². The van der Waals surface area contributed by atoms with Gasteiger partial charge in [0.25, 0.3) is 0 Å². The molecule has 1 aliphatic heterocycles. The van der Waals surface area contributed by atoms with Crippen LogP contribution in [0.25, 0.3) is 0 Å². The summed E-state index contributed by atoms with van der Waals surface area (Å²) in [6, 6.07) is 0.308. The fourth-order valence-electron chi connectivity index (χ4n) is 3.46. The number of nitrogens with zero attached hydrogens (tertiary/aromatic N) is 1. The highest BCUT2D eigenvalue weighted by molar-refractivity contribution is 5.85. The van der Waals surface area contributed by atoms with E-state index >= 15 is 0 Å². The van der Waals surface area contributed by atoms with Gasteiger partial charge in [0.1, 0.15) is 0 Å². The lowest BCUT2D eigenvalue weighted by atomic mass is 9.83. The van der Waals surface area contributed by atoms with Crippen LogP contribution < -0.4 is 5.73 Å². The largest absolute Gasteiger partial charge is 0.342 e. The Labute approximate surface area is 123 Å². The number of carbonyl (C=O) groups is 1. The van der Waals surface area contributed by atoms with Crippen molar-refractivity contribution in [3.05, 3.63) is 0 Å². The molecular weight excluding hydrogens is 260 g/mol. The average Bonchev–Trinajstić information content (AvgIpc) is 2.40. The molecule has 4 heteroatoms. The van der Waals surface area contributed by atoms with Crippen LogP contribution in [-0.4, -0.2) is 29.9 Å². The van der Waals surface area contributed by atoms with E-state index in [-0.39, 0.29) is 18.3 Å². The van der Waals surface area contributed by atoms with Crippen LogP contribution in [0.5, 0.6) is 0 Å². The Morgan fingerprint density at radius 3 is 2.32 bits per heavy atom. The molecule has 1 saturated heterocycles. The maximum Gasteiger partial charge on any atom is 0.225 e. The molecule has 1 aliphatic carbocycles.